The van der Waals surface area contributed by atoms with Gasteiger partial charge in [-0.15, -0.1) is 0 Å². The van der Waals surface area contributed by atoms with Crippen LogP contribution in [0.3, 0.4) is 0 Å². The Bertz CT molecular complexity index is 903. The van der Waals surface area contributed by atoms with Gasteiger partial charge in [0, 0.05) is 17.6 Å². The van der Waals surface area contributed by atoms with Crippen LogP contribution >= 0.6 is 0 Å². The molecule has 7 nitrogen and oxygen atoms in total. The number of rotatable bonds is 4. The number of benzene rings is 1. The van der Waals surface area contributed by atoms with Crippen molar-refractivity contribution >= 4 is 28.7 Å². The second-order valence-electron chi connectivity index (χ2n) is 7.84. The van der Waals surface area contributed by atoms with Gasteiger partial charge in [-0.2, -0.15) is 0 Å². The van der Waals surface area contributed by atoms with Crippen molar-refractivity contribution in [3.05, 3.63) is 36.5 Å². The van der Waals surface area contributed by atoms with Crippen LogP contribution in [0.5, 0.6) is 5.75 Å². The monoisotopic (exact) mass is 411 g/mol. The minimum absolute atomic E-state index is 0.0153. The molecule has 2 heterocycles. The maximum Gasteiger partial charge on any atom is 0.331 e. The Hall–Kier alpha value is -2.96. The molecule has 30 heavy (non-hydrogen) atoms. The van der Waals surface area contributed by atoms with Gasteiger partial charge in [0.1, 0.15) is 17.2 Å². The third-order valence-electron chi connectivity index (χ3n) is 5.70. The van der Waals surface area contributed by atoms with Gasteiger partial charge in [-0.1, -0.05) is 57.2 Å². The summed E-state index contributed by atoms with van der Waals surface area (Å²) in [6.07, 6.45) is 8.98. The van der Waals surface area contributed by atoms with Gasteiger partial charge in [0.05, 0.1) is 0 Å². The summed E-state index contributed by atoms with van der Waals surface area (Å²) in [6.45, 7) is 2.02. The molecule has 4 rings (SSSR count). The number of carbonyl (C=O) groups is 3. The SMILES string of the molecule is CCCCC1C(=O)NC(=O)N(C2CCCCC2)C1=O.Oc1cccc2cccnc12. The number of amides is 4. The Balaban J connectivity index is 0.000000196. The highest BCUT2D eigenvalue weighted by Crippen LogP contribution is 2.27. The molecule has 2 N–H and O–H groups in total. The first-order valence-corrected chi connectivity index (χ1v) is 10.7. The van der Waals surface area contributed by atoms with Crippen LogP contribution in [0.1, 0.15) is 58.3 Å². The van der Waals surface area contributed by atoms with Gasteiger partial charge in [0.25, 0.3) is 0 Å². The van der Waals surface area contributed by atoms with Gasteiger partial charge in [-0.3, -0.25) is 24.8 Å². The fourth-order valence-corrected chi connectivity index (χ4v) is 4.07. The zero-order valence-corrected chi connectivity index (χ0v) is 17.3. The summed E-state index contributed by atoms with van der Waals surface area (Å²) >= 11 is 0. The maximum absolute atomic E-state index is 12.4. The Labute approximate surface area is 176 Å². The van der Waals surface area contributed by atoms with Crippen molar-refractivity contribution < 1.29 is 19.5 Å². The Morgan fingerprint density at radius 3 is 2.53 bits per heavy atom. The number of hydrogen-bond acceptors (Lipinski definition) is 5. The molecule has 2 aromatic rings. The van der Waals surface area contributed by atoms with E-state index in [0.29, 0.717) is 11.9 Å². The van der Waals surface area contributed by atoms with E-state index in [1.165, 1.54) is 11.3 Å². The standard InChI is InChI=1S/C14H22N2O3.C9H7NO/c1-2-3-9-11-12(17)15-14(19)16(13(11)18)10-7-5-4-6-8-10;11-8-5-1-3-7-4-2-6-10-9(7)8/h10-11H,2-9H2,1H3,(H,15,17,19);1-6,11H. The average molecular weight is 412 g/mol. The van der Waals surface area contributed by atoms with Gasteiger partial charge in [-0.25, -0.2) is 4.79 Å². The lowest BCUT2D eigenvalue weighted by Gasteiger charge is -2.37. The van der Waals surface area contributed by atoms with E-state index in [1.807, 2.05) is 25.1 Å². The number of carbonyl (C=O) groups excluding carboxylic acids is 3. The van der Waals surface area contributed by atoms with Crippen LogP contribution in [0.4, 0.5) is 4.79 Å². The first kappa shape index (κ1) is 21.7. The number of aromatic nitrogens is 1. The number of imide groups is 2. The van der Waals surface area contributed by atoms with Gasteiger partial charge < -0.3 is 5.11 Å². The Morgan fingerprint density at radius 2 is 1.83 bits per heavy atom. The Morgan fingerprint density at radius 1 is 1.10 bits per heavy atom. The molecule has 4 amide bonds. The number of hydrogen-bond donors (Lipinski definition) is 2. The van der Waals surface area contributed by atoms with E-state index in [4.69, 9.17) is 0 Å². The minimum atomic E-state index is -0.667. The zero-order chi connectivity index (χ0) is 21.5. The summed E-state index contributed by atoms with van der Waals surface area (Å²) in [5, 5.41) is 12.6. The largest absolute Gasteiger partial charge is 0.506 e. The van der Waals surface area contributed by atoms with Gasteiger partial charge in [-0.05, 0) is 31.4 Å². The highest BCUT2D eigenvalue weighted by atomic mass is 16.3. The molecule has 160 valence electrons. The fourth-order valence-electron chi connectivity index (χ4n) is 4.07. The van der Waals surface area contributed by atoms with Crippen molar-refractivity contribution in [1.82, 2.24) is 15.2 Å². The molecule has 2 aliphatic rings. The van der Waals surface area contributed by atoms with E-state index in [9.17, 15) is 19.5 Å². The van der Waals surface area contributed by atoms with Crippen molar-refractivity contribution in [1.29, 1.82) is 0 Å². The van der Waals surface area contributed by atoms with Crippen molar-refractivity contribution in [3.8, 4) is 5.75 Å². The third-order valence-corrected chi connectivity index (χ3v) is 5.70. The summed E-state index contributed by atoms with van der Waals surface area (Å²) in [7, 11) is 0. The van der Waals surface area contributed by atoms with E-state index < -0.39 is 17.9 Å². The third kappa shape index (κ3) is 4.96. The molecule has 1 aromatic heterocycles. The van der Waals surface area contributed by atoms with Gasteiger partial charge in [0.15, 0.2) is 0 Å². The van der Waals surface area contributed by atoms with E-state index in [1.54, 1.807) is 18.3 Å². The molecule has 7 heteroatoms. The smallest absolute Gasteiger partial charge is 0.331 e. The summed E-state index contributed by atoms with van der Waals surface area (Å²) < 4.78 is 0. The second kappa shape index (κ2) is 10.2. The Kier molecular flexibility index (Phi) is 7.38. The van der Waals surface area contributed by atoms with E-state index in [2.05, 4.69) is 10.3 Å². The molecule has 2 fully saturated rings. The predicted molar refractivity (Wildman–Crippen MR) is 114 cm³/mol. The molecule has 0 spiro atoms. The molecule has 1 saturated carbocycles. The molecule has 1 unspecified atom stereocenters. The highest BCUT2D eigenvalue weighted by Gasteiger charge is 2.43. The van der Waals surface area contributed by atoms with Crippen LogP contribution in [0, 0.1) is 5.92 Å². The number of unbranched alkanes of at least 4 members (excludes halogenated alkanes) is 1. The maximum atomic E-state index is 12.4. The number of nitrogens with zero attached hydrogens (tertiary/aromatic N) is 2. The predicted octanol–water partition coefficient (Wildman–Crippen LogP) is 4.14. The normalized spacial score (nSPS) is 20.0. The minimum Gasteiger partial charge on any atom is -0.506 e. The van der Waals surface area contributed by atoms with E-state index in [-0.39, 0.29) is 17.7 Å². The van der Waals surface area contributed by atoms with Gasteiger partial charge in [0.2, 0.25) is 11.8 Å². The van der Waals surface area contributed by atoms with Crippen LogP contribution in [0.15, 0.2) is 36.5 Å². The lowest BCUT2D eigenvalue weighted by molar-refractivity contribution is -0.144. The average Bonchev–Trinajstić information content (AvgIpc) is 2.75. The van der Waals surface area contributed by atoms with E-state index >= 15 is 0 Å². The van der Waals surface area contributed by atoms with Crippen LogP contribution in [-0.2, 0) is 9.59 Å². The molecular formula is C23H29N3O4. The molecule has 1 aliphatic heterocycles. The van der Waals surface area contributed by atoms with Crippen LogP contribution in [0.25, 0.3) is 10.9 Å². The molecule has 1 saturated heterocycles. The number of urea groups is 1. The first-order valence-electron chi connectivity index (χ1n) is 10.7. The molecule has 1 atom stereocenters. The zero-order valence-electron chi connectivity index (χ0n) is 17.3. The molecular weight excluding hydrogens is 382 g/mol. The van der Waals surface area contributed by atoms with Crippen LogP contribution < -0.4 is 5.32 Å². The van der Waals surface area contributed by atoms with Gasteiger partial charge >= 0.3 is 6.03 Å². The van der Waals surface area contributed by atoms with Crippen LogP contribution in [-0.4, -0.2) is 38.9 Å². The molecule has 1 aromatic carbocycles. The number of aromatic hydroxyl groups is 1. The number of fused-ring (bicyclic) bond motifs is 1. The van der Waals surface area contributed by atoms with Crippen molar-refractivity contribution in [2.45, 2.75) is 64.3 Å². The lowest BCUT2D eigenvalue weighted by Crippen LogP contribution is -2.61. The second-order valence-corrected chi connectivity index (χ2v) is 7.84. The summed E-state index contributed by atoms with van der Waals surface area (Å²) in [5.74, 6) is -1.13. The number of nitrogens with one attached hydrogen (secondary N) is 1. The quantitative estimate of drug-likeness (QED) is 0.737. The molecule has 0 bridgehead atoms. The summed E-state index contributed by atoms with van der Waals surface area (Å²) in [5.41, 5.74) is 0.662. The number of phenols is 1. The summed E-state index contributed by atoms with van der Waals surface area (Å²) in [4.78, 5) is 41.4. The number of para-hydroxylation sites is 1. The topological polar surface area (TPSA) is 99.6 Å². The molecule has 1 aliphatic carbocycles. The number of pyridine rings is 1. The fraction of sp³-hybridized carbons (Fsp3) is 0.478. The van der Waals surface area contributed by atoms with Crippen molar-refractivity contribution in [2.75, 3.05) is 0 Å². The number of phenolic OH excluding ortho intramolecular Hbond substituents is 1. The summed E-state index contributed by atoms with van der Waals surface area (Å²) in [6, 6.07) is 8.59. The van der Waals surface area contributed by atoms with Crippen molar-refractivity contribution in [2.24, 2.45) is 5.92 Å². The van der Waals surface area contributed by atoms with Crippen LogP contribution in [0.2, 0.25) is 0 Å². The highest BCUT2D eigenvalue weighted by molar-refractivity contribution is 6.16. The number of barbiturate groups is 1. The van der Waals surface area contributed by atoms with E-state index in [0.717, 1.165) is 43.9 Å². The van der Waals surface area contributed by atoms with Crippen molar-refractivity contribution in [3.63, 3.8) is 0 Å². The lowest BCUT2D eigenvalue weighted by atomic mass is 9.91. The molecule has 0 radical (unpaired) electrons. The first-order chi connectivity index (χ1) is 14.5.